The van der Waals surface area contributed by atoms with Crippen molar-refractivity contribution in [2.45, 2.75) is 19.3 Å². The van der Waals surface area contributed by atoms with Crippen LogP contribution in [0.1, 0.15) is 12.7 Å². The van der Waals surface area contributed by atoms with Gasteiger partial charge in [0.2, 0.25) is 0 Å². The molecule has 19 heavy (non-hydrogen) atoms. The number of rotatable bonds is 5. The van der Waals surface area contributed by atoms with Gasteiger partial charge in [0.1, 0.15) is 11.6 Å². The number of thioether (sulfide) groups is 1. The maximum absolute atomic E-state index is 13.7. The first-order chi connectivity index (χ1) is 9.06. The second-order valence-corrected chi connectivity index (χ2v) is 6.93. The number of imidazole rings is 1. The van der Waals surface area contributed by atoms with E-state index in [2.05, 4.69) is 18.2 Å². The highest BCUT2D eigenvalue weighted by Gasteiger charge is 2.14. The van der Waals surface area contributed by atoms with E-state index in [-0.39, 0.29) is 5.82 Å². The minimum Gasteiger partial charge on any atom is -0.327 e. The molecule has 1 aromatic heterocycles. The number of nitrogens with zero attached hydrogens (tertiary/aromatic N) is 2. The molecule has 0 fully saturated rings. The highest BCUT2D eigenvalue weighted by atomic mass is 127. The third-order valence-electron chi connectivity index (χ3n) is 2.93. The average Bonchev–Trinajstić information content (AvgIpc) is 2.68. The van der Waals surface area contributed by atoms with Crippen LogP contribution in [0.4, 0.5) is 4.39 Å². The van der Waals surface area contributed by atoms with Crippen LogP contribution in [0, 0.1) is 15.3 Å². The number of benzene rings is 1. The number of hydrogen-bond acceptors (Lipinski definition) is 2. The van der Waals surface area contributed by atoms with Crippen molar-refractivity contribution in [3.05, 3.63) is 27.3 Å². The van der Waals surface area contributed by atoms with Crippen LogP contribution < -0.4 is 0 Å². The minimum absolute atomic E-state index is 0.201. The molecule has 2 nitrogen and oxygen atoms in total. The minimum atomic E-state index is -0.201. The van der Waals surface area contributed by atoms with E-state index in [9.17, 15) is 4.39 Å². The zero-order valence-electron chi connectivity index (χ0n) is 10.8. The van der Waals surface area contributed by atoms with Crippen molar-refractivity contribution in [1.29, 1.82) is 0 Å². The lowest BCUT2D eigenvalue weighted by Gasteiger charge is -2.13. The lowest BCUT2D eigenvalue weighted by molar-refractivity contribution is 0.529. The lowest BCUT2D eigenvalue weighted by atomic mass is 10.2. The third kappa shape index (κ3) is 3.36. The van der Waals surface area contributed by atoms with Crippen LogP contribution in [0.5, 0.6) is 0 Å². The Hall–Kier alpha value is -0.0100. The van der Waals surface area contributed by atoms with Crippen molar-refractivity contribution in [2.75, 3.05) is 12.0 Å². The first kappa shape index (κ1) is 15.4. The highest BCUT2D eigenvalue weighted by molar-refractivity contribution is 14.1. The molecule has 0 amide bonds. The van der Waals surface area contributed by atoms with Gasteiger partial charge < -0.3 is 4.57 Å². The Bertz CT molecular complexity index is 588. The van der Waals surface area contributed by atoms with Gasteiger partial charge in [-0.25, -0.2) is 9.37 Å². The van der Waals surface area contributed by atoms with E-state index >= 15 is 0 Å². The Balaban J connectivity index is 2.47. The molecule has 0 spiro atoms. The monoisotopic (exact) mass is 412 g/mol. The molecule has 0 saturated carbocycles. The standard InChI is InChI=1S/C13H15ClFIN2S/c1-8(7-19-2)6-18-12-3-9(15)10(16)4-11(12)17-13(18)5-14/h3-4,8H,5-7H2,1-2H3. The highest BCUT2D eigenvalue weighted by Crippen LogP contribution is 2.24. The van der Waals surface area contributed by atoms with Gasteiger partial charge in [0.05, 0.1) is 20.5 Å². The smallest absolute Gasteiger partial charge is 0.138 e. The van der Waals surface area contributed by atoms with Crippen LogP contribution >= 0.6 is 46.0 Å². The molecular formula is C13H15ClFIN2S. The fourth-order valence-corrected chi connectivity index (χ4v) is 3.45. The topological polar surface area (TPSA) is 17.8 Å². The van der Waals surface area contributed by atoms with E-state index < -0.39 is 0 Å². The molecule has 0 aliphatic heterocycles. The lowest BCUT2D eigenvalue weighted by Crippen LogP contribution is -2.12. The Kier molecular flexibility index (Phi) is 5.37. The summed E-state index contributed by atoms with van der Waals surface area (Å²) in [5.41, 5.74) is 1.65. The first-order valence-electron chi connectivity index (χ1n) is 5.95. The molecule has 0 radical (unpaired) electrons. The fourth-order valence-electron chi connectivity index (χ4n) is 2.12. The number of hydrogen-bond donors (Lipinski definition) is 0. The summed E-state index contributed by atoms with van der Waals surface area (Å²) in [6, 6.07) is 3.34. The van der Waals surface area contributed by atoms with Crippen LogP contribution in [0.3, 0.4) is 0 Å². The van der Waals surface area contributed by atoms with Crippen LogP contribution in [-0.2, 0) is 12.4 Å². The fraction of sp³-hybridized carbons (Fsp3) is 0.462. The van der Waals surface area contributed by atoms with E-state index in [1.807, 2.05) is 38.9 Å². The van der Waals surface area contributed by atoms with Crippen molar-refractivity contribution in [1.82, 2.24) is 9.55 Å². The molecule has 6 heteroatoms. The third-order valence-corrected chi connectivity index (χ3v) is 4.90. The van der Waals surface area contributed by atoms with Crippen LogP contribution in [0.2, 0.25) is 0 Å². The second-order valence-electron chi connectivity index (χ2n) is 4.59. The van der Waals surface area contributed by atoms with E-state index in [0.717, 1.165) is 29.2 Å². The number of aromatic nitrogens is 2. The van der Waals surface area contributed by atoms with Crippen molar-refractivity contribution < 1.29 is 4.39 Å². The molecular weight excluding hydrogens is 398 g/mol. The van der Waals surface area contributed by atoms with Crippen molar-refractivity contribution >= 4 is 57.0 Å². The van der Waals surface area contributed by atoms with Crippen molar-refractivity contribution in [3.8, 4) is 0 Å². The predicted molar refractivity (Wildman–Crippen MR) is 89.5 cm³/mol. The van der Waals surface area contributed by atoms with E-state index in [1.165, 1.54) is 0 Å². The summed E-state index contributed by atoms with van der Waals surface area (Å²) < 4.78 is 16.4. The Morgan fingerprint density at radius 1 is 1.53 bits per heavy atom. The van der Waals surface area contributed by atoms with Gasteiger partial charge in [-0.15, -0.1) is 11.6 Å². The molecule has 2 rings (SSSR count). The Labute approximate surface area is 135 Å². The number of alkyl halides is 1. The Morgan fingerprint density at radius 2 is 2.26 bits per heavy atom. The van der Waals surface area contributed by atoms with Gasteiger partial charge in [-0.05, 0) is 46.6 Å². The summed E-state index contributed by atoms with van der Waals surface area (Å²) in [7, 11) is 0. The summed E-state index contributed by atoms with van der Waals surface area (Å²) in [6.07, 6.45) is 2.09. The van der Waals surface area contributed by atoms with Crippen LogP contribution in [-0.4, -0.2) is 21.6 Å². The molecule has 0 aliphatic carbocycles. The van der Waals surface area contributed by atoms with E-state index in [1.54, 1.807) is 12.1 Å². The summed E-state index contributed by atoms with van der Waals surface area (Å²) in [6.45, 7) is 3.00. The van der Waals surface area contributed by atoms with E-state index in [4.69, 9.17) is 11.6 Å². The molecule has 1 aromatic carbocycles. The van der Waals surface area contributed by atoms with Gasteiger partial charge >= 0.3 is 0 Å². The number of halogens is 3. The van der Waals surface area contributed by atoms with Crippen LogP contribution in [0.25, 0.3) is 11.0 Å². The Morgan fingerprint density at radius 3 is 2.89 bits per heavy atom. The van der Waals surface area contributed by atoms with Gasteiger partial charge in [-0.3, -0.25) is 0 Å². The van der Waals surface area contributed by atoms with Gasteiger partial charge in [0, 0.05) is 12.6 Å². The van der Waals surface area contributed by atoms with Crippen molar-refractivity contribution in [3.63, 3.8) is 0 Å². The zero-order chi connectivity index (χ0) is 14.0. The second kappa shape index (κ2) is 6.63. The number of fused-ring (bicyclic) bond motifs is 1. The van der Waals surface area contributed by atoms with Crippen molar-refractivity contribution in [2.24, 2.45) is 5.92 Å². The molecule has 0 N–H and O–H groups in total. The maximum Gasteiger partial charge on any atom is 0.138 e. The molecule has 0 saturated heterocycles. The normalized spacial score (nSPS) is 13.1. The summed E-state index contributed by atoms with van der Waals surface area (Å²) in [5.74, 6) is 2.52. The summed E-state index contributed by atoms with van der Waals surface area (Å²) in [4.78, 5) is 4.50. The molecule has 1 heterocycles. The molecule has 2 aromatic rings. The summed E-state index contributed by atoms with van der Waals surface area (Å²) >= 11 is 9.76. The SMILES string of the molecule is CSCC(C)Cn1c(CCl)nc2cc(I)c(F)cc21. The molecule has 1 unspecified atom stereocenters. The van der Waals surface area contributed by atoms with Gasteiger partial charge in [-0.2, -0.15) is 11.8 Å². The quantitative estimate of drug-likeness (QED) is 0.531. The zero-order valence-corrected chi connectivity index (χ0v) is 14.5. The van der Waals surface area contributed by atoms with E-state index in [0.29, 0.717) is 15.4 Å². The van der Waals surface area contributed by atoms with Gasteiger partial charge in [0.15, 0.2) is 0 Å². The van der Waals surface area contributed by atoms with Gasteiger partial charge in [0.25, 0.3) is 0 Å². The molecule has 0 bridgehead atoms. The first-order valence-corrected chi connectivity index (χ1v) is 8.96. The maximum atomic E-state index is 13.7. The summed E-state index contributed by atoms with van der Waals surface area (Å²) in [5, 5.41) is 0. The largest absolute Gasteiger partial charge is 0.327 e. The predicted octanol–water partition coefficient (Wildman–Crippen LogP) is 4.52. The average molecular weight is 413 g/mol. The van der Waals surface area contributed by atoms with Crippen LogP contribution in [0.15, 0.2) is 12.1 Å². The molecule has 1 atom stereocenters. The van der Waals surface area contributed by atoms with Gasteiger partial charge in [-0.1, -0.05) is 6.92 Å². The molecule has 104 valence electrons. The molecule has 0 aliphatic rings.